The van der Waals surface area contributed by atoms with E-state index in [2.05, 4.69) is 22.6 Å². The summed E-state index contributed by atoms with van der Waals surface area (Å²) in [6, 6.07) is 3.78. The molecule has 2 N–H and O–H groups in total. The second-order valence-corrected chi connectivity index (χ2v) is 4.23. The second-order valence-electron chi connectivity index (χ2n) is 2.69. The van der Waals surface area contributed by atoms with Gasteiger partial charge in [-0.25, -0.2) is 0 Å². The van der Waals surface area contributed by atoms with E-state index in [-0.39, 0.29) is 6.04 Å². The van der Waals surface area contributed by atoms with Crippen molar-refractivity contribution in [3.8, 4) is 5.75 Å². The topological polar surface area (TPSA) is 35.2 Å². The average Bonchev–Trinajstić information content (AvgIpc) is 2.41. The highest BCUT2D eigenvalue weighted by molar-refractivity contribution is 14.1. The Bertz CT molecular complexity index is 329. The molecule has 0 amide bonds. The third-order valence-corrected chi connectivity index (χ3v) is 3.51. The molecule has 0 bridgehead atoms. The molecular formula is C8H7ClINO. The molecule has 1 aromatic carbocycles. The average molecular weight is 296 g/mol. The molecule has 0 fully saturated rings. The Morgan fingerprint density at radius 2 is 2.33 bits per heavy atom. The lowest BCUT2D eigenvalue weighted by atomic mass is 10.1. The molecule has 1 atom stereocenters. The number of hydrogen-bond acceptors (Lipinski definition) is 2. The Labute approximate surface area is 89.2 Å². The fourth-order valence-corrected chi connectivity index (χ4v) is 2.05. The first-order chi connectivity index (χ1) is 5.70. The Hall–Kier alpha value is -0.0000000000000000555. The summed E-state index contributed by atoms with van der Waals surface area (Å²) in [6.45, 7) is 0.537. The van der Waals surface area contributed by atoms with Crippen molar-refractivity contribution < 1.29 is 4.74 Å². The molecule has 64 valence electrons. The van der Waals surface area contributed by atoms with Crippen LogP contribution in [-0.4, -0.2) is 6.61 Å². The van der Waals surface area contributed by atoms with Crippen LogP contribution in [0.4, 0.5) is 0 Å². The molecule has 0 aliphatic carbocycles. The summed E-state index contributed by atoms with van der Waals surface area (Å²) in [5, 5.41) is 0.734. The van der Waals surface area contributed by atoms with Crippen molar-refractivity contribution in [2.24, 2.45) is 5.73 Å². The summed E-state index contributed by atoms with van der Waals surface area (Å²) < 4.78 is 6.36. The van der Waals surface area contributed by atoms with E-state index in [1.54, 1.807) is 0 Å². The van der Waals surface area contributed by atoms with Crippen LogP contribution in [0.5, 0.6) is 5.75 Å². The zero-order valence-corrected chi connectivity index (χ0v) is 9.09. The van der Waals surface area contributed by atoms with Crippen LogP contribution in [0, 0.1) is 3.57 Å². The van der Waals surface area contributed by atoms with E-state index in [9.17, 15) is 0 Å². The van der Waals surface area contributed by atoms with Gasteiger partial charge in [-0.1, -0.05) is 11.6 Å². The number of rotatable bonds is 0. The van der Waals surface area contributed by atoms with E-state index in [0.29, 0.717) is 6.61 Å². The summed E-state index contributed by atoms with van der Waals surface area (Å²) in [5.41, 5.74) is 6.75. The van der Waals surface area contributed by atoms with E-state index >= 15 is 0 Å². The summed E-state index contributed by atoms with van der Waals surface area (Å²) in [7, 11) is 0. The molecule has 0 saturated heterocycles. The third kappa shape index (κ3) is 1.20. The van der Waals surface area contributed by atoms with Gasteiger partial charge in [-0.05, 0) is 34.7 Å². The summed E-state index contributed by atoms with van der Waals surface area (Å²) in [6.07, 6.45) is 0. The van der Waals surface area contributed by atoms with E-state index in [4.69, 9.17) is 22.1 Å². The van der Waals surface area contributed by atoms with Gasteiger partial charge in [-0.2, -0.15) is 0 Å². The van der Waals surface area contributed by atoms with Crippen LogP contribution >= 0.6 is 34.2 Å². The minimum absolute atomic E-state index is 0.0674. The van der Waals surface area contributed by atoms with Crippen LogP contribution in [0.25, 0.3) is 0 Å². The molecule has 2 rings (SSSR count). The maximum absolute atomic E-state index is 6.07. The van der Waals surface area contributed by atoms with Crippen LogP contribution in [0.2, 0.25) is 5.02 Å². The highest BCUT2D eigenvalue weighted by Crippen LogP contribution is 2.38. The zero-order chi connectivity index (χ0) is 8.72. The number of halogens is 2. The summed E-state index contributed by atoms with van der Waals surface area (Å²) in [5.74, 6) is 0.827. The van der Waals surface area contributed by atoms with Crippen LogP contribution in [0.15, 0.2) is 12.1 Å². The van der Waals surface area contributed by atoms with Crippen molar-refractivity contribution in [1.29, 1.82) is 0 Å². The number of benzene rings is 1. The van der Waals surface area contributed by atoms with Gasteiger partial charge in [0.15, 0.2) is 0 Å². The molecule has 1 heterocycles. The van der Waals surface area contributed by atoms with E-state index < -0.39 is 0 Å². The van der Waals surface area contributed by atoms with Gasteiger partial charge in [-0.15, -0.1) is 0 Å². The van der Waals surface area contributed by atoms with Gasteiger partial charge in [0.1, 0.15) is 12.4 Å². The molecule has 1 aliphatic rings. The minimum Gasteiger partial charge on any atom is -0.491 e. The number of ether oxygens (including phenoxy) is 1. The van der Waals surface area contributed by atoms with Crippen LogP contribution in [0.3, 0.4) is 0 Å². The molecule has 12 heavy (non-hydrogen) atoms. The molecule has 1 unspecified atom stereocenters. The van der Waals surface area contributed by atoms with Crippen molar-refractivity contribution in [3.63, 3.8) is 0 Å². The molecule has 1 aliphatic heterocycles. The smallest absolute Gasteiger partial charge is 0.125 e. The fourth-order valence-electron chi connectivity index (χ4n) is 1.28. The zero-order valence-electron chi connectivity index (χ0n) is 6.18. The Balaban J connectivity index is 2.63. The highest BCUT2D eigenvalue weighted by atomic mass is 127. The van der Waals surface area contributed by atoms with Crippen LogP contribution in [-0.2, 0) is 0 Å². The van der Waals surface area contributed by atoms with E-state index in [1.807, 2.05) is 12.1 Å². The lowest BCUT2D eigenvalue weighted by Gasteiger charge is -2.04. The Morgan fingerprint density at radius 3 is 3.08 bits per heavy atom. The monoisotopic (exact) mass is 295 g/mol. The maximum Gasteiger partial charge on any atom is 0.125 e. The van der Waals surface area contributed by atoms with Crippen LogP contribution in [0.1, 0.15) is 11.6 Å². The SMILES string of the molecule is NC1COc2ccc(I)c(Cl)c21. The van der Waals surface area contributed by atoms with Gasteiger partial charge >= 0.3 is 0 Å². The van der Waals surface area contributed by atoms with Gasteiger partial charge < -0.3 is 10.5 Å². The van der Waals surface area contributed by atoms with Gasteiger partial charge in [-0.3, -0.25) is 0 Å². The van der Waals surface area contributed by atoms with Crippen molar-refractivity contribution in [2.75, 3.05) is 6.61 Å². The van der Waals surface area contributed by atoms with Crippen molar-refractivity contribution in [2.45, 2.75) is 6.04 Å². The van der Waals surface area contributed by atoms with Gasteiger partial charge in [0.2, 0.25) is 0 Å². The largest absolute Gasteiger partial charge is 0.491 e. The van der Waals surface area contributed by atoms with Crippen LogP contribution < -0.4 is 10.5 Å². The quantitative estimate of drug-likeness (QED) is 0.746. The molecule has 4 heteroatoms. The van der Waals surface area contributed by atoms with E-state index in [0.717, 1.165) is 19.9 Å². The second kappa shape index (κ2) is 3.05. The van der Waals surface area contributed by atoms with Crippen molar-refractivity contribution in [3.05, 3.63) is 26.3 Å². The predicted molar refractivity (Wildman–Crippen MR) is 56.6 cm³/mol. The summed E-state index contributed by atoms with van der Waals surface area (Å²) >= 11 is 8.25. The standard InChI is InChI=1S/C8H7ClINO/c9-8-4(10)1-2-6-7(8)5(11)3-12-6/h1-2,5H,3,11H2. The lowest BCUT2D eigenvalue weighted by molar-refractivity contribution is 0.333. The third-order valence-electron chi connectivity index (χ3n) is 1.88. The van der Waals surface area contributed by atoms with Crippen molar-refractivity contribution in [1.82, 2.24) is 0 Å². The minimum atomic E-state index is -0.0674. The molecule has 0 spiro atoms. The Kier molecular flexibility index (Phi) is 2.18. The van der Waals surface area contributed by atoms with Gasteiger partial charge in [0.05, 0.1) is 11.1 Å². The number of fused-ring (bicyclic) bond motifs is 1. The number of hydrogen-bond donors (Lipinski definition) is 1. The molecule has 0 aromatic heterocycles. The molecule has 0 saturated carbocycles. The molecule has 1 aromatic rings. The molecule has 0 radical (unpaired) electrons. The Morgan fingerprint density at radius 1 is 1.58 bits per heavy atom. The first-order valence-electron chi connectivity index (χ1n) is 3.56. The number of nitrogens with two attached hydrogens (primary N) is 1. The lowest BCUT2D eigenvalue weighted by Crippen LogP contribution is -2.11. The predicted octanol–water partition coefficient (Wildman–Crippen LogP) is 2.34. The highest BCUT2D eigenvalue weighted by Gasteiger charge is 2.24. The summed E-state index contributed by atoms with van der Waals surface area (Å²) in [4.78, 5) is 0. The maximum atomic E-state index is 6.07. The molecule has 2 nitrogen and oxygen atoms in total. The van der Waals surface area contributed by atoms with Crippen molar-refractivity contribution >= 4 is 34.2 Å². The first kappa shape index (κ1) is 8.59. The normalized spacial score (nSPS) is 20.4. The van der Waals surface area contributed by atoms with Gasteiger partial charge in [0.25, 0.3) is 0 Å². The fraction of sp³-hybridized carbons (Fsp3) is 0.250. The molecular weight excluding hydrogens is 288 g/mol. The van der Waals surface area contributed by atoms with Gasteiger partial charge in [0, 0.05) is 9.13 Å². The van der Waals surface area contributed by atoms with E-state index in [1.165, 1.54) is 0 Å². The first-order valence-corrected chi connectivity index (χ1v) is 5.02.